The SMILES string of the molecule is CO.N#Cc1ccc([C@@](Cc2ccccc2)(NC(=O)c2ccc(F)c(C(F)(F)F)c2)c2cc(F)cc(OC(F)(F)C(F)F)c2)cc1.NCc1ccc([C@@](Cc2ccccc2)(NC(=O)c2ccc(F)c(C(F)(F)F)c2)c2cc(F)cc(OC(F)(F)C(F)F)c2)cc1. The fourth-order valence-corrected chi connectivity index (χ4v) is 9.12. The quantitative estimate of drug-likeness (QED) is 0.0590. The van der Waals surface area contributed by atoms with Gasteiger partial charge in [-0.1, -0.05) is 97.1 Å². The normalized spacial score (nSPS) is 13.1. The number of nitrogens with zero attached hydrogens (tertiary/aromatic N) is 1. The van der Waals surface area contributed by atoms with Crippen LogP contribution >= 0.6 is 0 Å². The summed E-state index contributed by atoms with van der Waals surface area (Å²) < 4.78 is 254. The lowest BCUT2D eigenvalue weighted by Crippen LogP contribution is -2.49. The lowest BCUT2D eigenvalue weighted by atomic mass is 9.77. The van der Waals surface area contributed by atoms with E-state index in [0.29, 0.717) is 47.0 Å². The number of ether oxygens (including phenoxy) is 2. The molecule has 0 bridgehead atoms. The van der Waals surface area contributed by atoms with Gasteiger partial charge in [0.1, 0.15) is 34.8 Å². The van der Waals surface area contributed by atoms with Crippen LogP contribution in [0.3, 0.4) is 0 Å². The summed E-state index contributed by atoms with van der Waals surface area (Å²) in [6.07, 6.45) is -29.5. The van der Waals surface area contributed by atoms with Gasteiger partial charge in [-0.25, -0.2) is 17.6 Å². The van der Waals surface area contributed by atoms with Crippen LogP contribution in [0.15, 0.2) is 182 Å². The lowest BCUT2D eigenvalue weighted by molar-refractivity contribution is -0.253. The van der Waals surface area contributed by atoms with E-state index in [2.05, 4.69) is 20.1 Å². The summed E-state index contributed by atoms with van der Waals surface area (Å²) in [5.41, 5.74) is -1.70. The highest BCUT2D eigenvalue weighted by molar-refractivity contribution is 5.96. The number of aliphatic hydroxyl groups is 1. The third-order valence-corrected chi connectivity index (χ3v) is 13.3. The van der Waals surface area contributed by atoms with Crippen molar-refractivity contribution in [1.82, 2.24) is 10.6 Å². The Labute approximate surface area is 499 Å². The smallest absolute Gasteiger partial charge is 0.428 e. The predicted molar refractivity (Wildman–Crippen MR) is 289 cm³/mol. The molecule has 0 saturated carbocycles. The number of nitriles is 1. The van der Waals surface area contributed by atoms with E-state index < -0.39 is 117 Å². The van der Waals surface area contributed by atoms with Crippen LogP contribution < -0.4 is 25.8 Å². The van der Waals surface area contributed by atoms with Crippen LogP contribution in [0.4, 0.5) is 79.0 Å². The van der Waals surface area contributed by atoms with Gasteiger partial charge in [0.25, 0.3) is 11.8 Å². The van der Waals surface area contributed by atoms with E-state index in [0.717, 1.165) is 43.5 Å². The largest absolute Gasteiger partial charge is 0.461 e. The van der Waals surface area contributed by atoms with Crippen LogP contribution in [0.5, 0.6) is 11.5 Å². The van der Waals surface area contributed by atoms with Gasteiger partial charge in [-0.3, -0.25) is 9.59 Å². The average Bonchev–Trinajstić information content (AvgIpc) is 0.770. The molecular weight excluding hydrogens is 1230 g/mol. The lowest BCUT2D eigenvalue weighted by Gasteiger charge is -2.37. The van der Waals surface area contributed by atoms with Crippen molar-refractivity contribution in [1.29, 1.82) is 5.26 Å². The zero-order chi connectivity index (χ0) is 66.6. The van der Waals surface area contributed by atoms with E-state index in [1.165, 1.54) is 36.4 Å². The van der Waals surface area contributed by atoms with E-state index >= 15 is 0 Å². The molecule has 0 unspecified atom stereocenters. The Morgan fingerprint density at radius 1 is 0.478 bits per heavy atom. The van der Waals surface area contributed by atoms with Gasteiger partial charge < -0.3 is 30.9 Å². The molecular formula is C63H46F18N4O5. The summed E-state index contributed by atoms with van der Waals surface area (Å²) in [7, 11) is 1.00. The van der Waals surface area contributed by atoms with Crippen molar-refractivity contribution >= 4 is 11.8 Å². The third kappa shape index (κ3) is 17.0. The van der Waals surface area contributed by atoms with Crippen molar-refractivity contribution in [3.05, 3.63) is 272 Å². The monoisotopic (exact) mass is 1280 g/mol. The minimum Gasteiger partial charge on any atom is -0.428 e. The molecule has 2 atom stereocenters. The second-order valence-electron chi connectivity index (χ2n) is 19.3. The summed E-state index contributed by atoms with van der Waals surface area (Å²) in [6.45, 7) is 0.0921. The highest BCUT2D eigenvalue weighted by Crippen LogP contribution is 2.42. The number of amides is 2. The number of rotatable bonds is 19. The molecule has 0 radical (unpaired) electrons. The molecule has 0 spiro atoms. The Bertz CT molecular complexity index is 3800. The zero-order valence-corrected chi connectivity index (χ0v) is 46.0. The number of alkyl halides is 14. The van der Waals surface area contributed by atoms with E-state index in [4.69, 9.17) is 10.8 Å². The predicted octanol–water partition coefficient (Wildman–Crippen LogP) is 15.2. The Morgan fingerprint density at radius 3 is 1.16 bits per heavy atom. The number of benzene rings is 8. The molecule has 474 valence electrons. The molecule has 0 fully saturated rings. The van der Waals surface area contributed by atoms with Crippen molar-refractivity contribution in [3.63, 3.8) is 0 Å². The van der Waals surface area contributed by atoms with E-state index in [1.807, 2.05) is 6.07 Å². The van der Waals surface area contributed by atoms with Crippen molar-refractivity contribution in [2.75, 3.05) is 7.11 Å². The Balaban J connectivity index is 0.000000279. The molecule has 0 aliphatic heterocycles. The number of carbonyl (C=O) groups is 2. The number of hydrogen-bond donors (Lipinski definition) is 4. The molecule has 90 heavy (non-hydrogen) atoms. The fraction of sp³-hybridized carbons (Fsp3) is 0.190. The van der Waals surface area contributed by atoms with Crippen molar-refractivity contribution in [2.24, 2.45) is 5.73 Å². The molecule has 27 heteroatoms. The zero-order valence-electron chi connectivity index (χ0n) is 46.0. The molecule has 0 aromatic heterocycles. The minimum absolute atomic E-state index is 0.0871. The third-order valence-electron chi connectivity index (χ3n) is 13.3. The molecule has 0 saturated heterocycles. The van der Waals surface area contributed by atoms with Crippen LogP contribution in [0.1, 0.15) is 76.4 Å². The van der Waals surface area contributed by atoms with Gasteiger partial charge in [-0.2, -0.15) is 66.7 Å². The molecule has 8 aromatic rings. The van der Waals surface area contributed by atoms with Crippen LogP contribution in [0.2, 0.25) is 0 Å². The van der Waals surface area contributed by atoms with Crippen molar-refractivity contribution in [2.45, 2.75) is 67.9 Å². The minimum atomic E-state index is -5.17. The standard InChI is InChI=1S/C31H23F9N2O2.C31H19F9N2O2.CH4O/c2*32-23-13-22(14-24(15-23)44-31(39,40)28(34)35)29(16-18-4-2-1-3-5-18,21-9-6-19(17-41)7-10-21)42-27(43)20-8-11-26(33)25(12-20)30(36,37)38;1-2/h1-15,28H,16-17,41H2,(H,42,43);1-15,28H,16H2,(H,42,43);2H,1H3/t2*29-;/m11./s1. The highest BCUT2D eigenvalue weighted by atomic mass is 19.4. The summed E-state index contributed by atoms with van der Waals surface area (Å²) in [5, 5.41) is 21.4. The maximum absolute atomic E-state index is 15.0. The van der Waals surface area contributed by atoms with Crippen molar-refractivity contribution in [3.8, 4) is 17.6 Å². The van der Waals surface area contributed by atoms with Crippen LogP contribution in [0.25, 0.3) is 0 Å². The molecule has 0 heterocycles. The second-order valence-corrected chi connectivity index (χ2v) is 19.3. The summed E-state index contributed by atoms with van der Waals surface area (Å²) in [6, 6.07) is 36.3. The average molecular weight is 1280 g/mol. The number of carbonyl (C=O) groups excluding carboxylic acids is 2. The Morgan fingerprint density at radius 2 is 0.833 bits per heavy atom. The summed E-state index contributed by atoms with van der Waals surface area (Å²) in [5.74, 6) is -10.2. The van der Waals surface area contributed by atoms with E-state index in [-0.39, 0.29) is 53.3 Å². The maximum atomic E-state index is 15.0. The highest BCUT2D eigenvalue weighted by Gasteiger charge is 2.47. The summed E-state index contributed by atoms with van der Waals surface area (Å²) in [4.78, 5) is 27.2. The molecule has 2 amide bonds. The van der Waals surface area contributed by atoms with Gasteiger partial charge in [-0.05, 0) is 112 Å². The summed E-state index contributed by atoms with van der Waals surface area (Å²) >= 11 is 0. The molecule has 8 aromatic carbocycles. The fourth-order valence-electron chi connectivity index (χ4n) is 9.12. The van der Waals surface area contributed by atoms with Crippen molar-refractivity contribution < 1.29 is 103 Å². The first-order valence-corrected chi connectivity index (χ1v) is 25.8. The number of nitrogens with one attached hydrogen (secondary N) is 2. The van der Waals surface area contributed by atoms with E-state index in [1.54, 1.807) is 72.8 Å². The number of halogens is 18. The Hall–Kier alpha value is -9.55. The molecule has 0 aliphatic carbocycles. The molecule has 5 N–H and O–H groups in total. The van der Waals surface area contributed by atoms with Gasteiger partial charge >= 0.3 is 37.4 Å². The van der Waals surface area contributed by atoms with Gasteiger partial charge in [0.15, 0.2) is 0 Å². The number of hydrogen-bond acceptors (Lipinski definition) is 7. The van der Waals surface area contributed by atoms with Gasteiger partial charge in [0, 0.05) is 49.8 Å². The van der Waals surface area contributed by atoms with E-state index in [9.17, 15) is 93.9 Å². The van der Waals surface area contributed by atoms with Crippen LogP contribution in [0, 0.1) is 34.6 Å². The maximum Gasteiger partial charge on any atom is 0.461 e. The van der Waals surface area contributed by atoms with Crippen LogP contribution in [-0.2, 0) is 42.8 Å². The molecule has 0 aliphatic rings. The molecule has 8 rings (SSSR count). The molecule has 9 nitrogen and oxygen atoms in total. The first-order chi connectivity index (χ1) is 42.3. The number of nitrogens with two attached hydrogens (primary N) is 1. The number of aliphatic hydroxyl groups excluding tert-OH is 1. The van der Waals surface area contributed by atoms with Gasteiger partial charge in [-0.15, -0.1) is 0 Å². The second kappa shape index (κ2) is 28.7. The van der Waals surface area contributed by atoms with Gasteiger partial charge in [0.2, 0.25) is 0 Å². The van der Waals surface area contributed by atoms with Crippen LogP contribution in [-0.4, -0.2) is 49.1 Å². The Kier molecular flexibility index (Phi) is 22.2. The topological polar surface area (TPSA) is 147 Å². The van der Waals surface area contributed by atoms with Gasteiger partial charge in [0.05, 0.1) is 33.8 Å². The first-order valence-electron chi connectivity index (χ1n) is 25.8. The first kappa shape index (κ1) is 69.5.